The van der Waals surface area contributed by atoms with Gasteiger partial charge >= 0.3 is 5.97 Å². The van der Waals surface area contributed by atoms with Crippen molar-refractivity contribution in [3.8, 4) is 0 Å². The lowest BCUT2D eigenvalue weighted by Gasteiger charge is -2.28. The Morgan fingerprint density at radius 3 is 2.17 bits per heavy atom. The van der Waals surface area contributed by atoms with Crippen LogP contribution in [0.3, 0.4) is 0 Å². The van der Waals surface area contributed by atoms with Gasteiger partial charge in [-0.25, -0.2) is 0 Å². The number of esters is 1. The van der Waals surface area contributed by atoms with Crippen LogP contribution in [0.15, 0.2) is 30.3 Å². The van der Waals surface area contributed by atoms with Crippen molar-refractivity contribution in [1.82, 2.24) is 0 Å². The quantitative estimate of drug-likeness (QED) is 0.769. The van der Waals surface area contributed by atoms with Gasteiger partial charge in [0.05, 0.1) is 0 Å². The summed E-state index contributed by atoms with van der Waals surface area (Å²) in [6.07, 6.45) is 0. The second-order valence-electron chi connectivity index (χ2n) is 5.79. The number of thioether (sulfide) groups is 1. The van der Waals surface area contributed by atoms with E-state index in [4.69, 9.17) is 4.74 Å². The summed E-state index contributed by atoms with van der Waals surface area (Å²) in [5, 5.41) is 0. The molecule has 0 unspecified atom stereocenters. The van der Waals surface area contributed by atoms with E-state index in [0.717, 1.165) is 5.75 Å². The molecule has 1 aromatic carbocycles. The summed E-state index contributed by atoms with van der Waals surface area (Å²) in [7, 11) is 0. The van der Waals surface area contributed by atoms with Gasteiger partial charge in [0.2, 0.25) is 0 Å². The molecule has 0 atom stereocenters. The molecule has 0 aliphatic heterocycles. The van der Waals surface area contributed by atoms with Crippen LogP contribution in [0, 0.1) is 0 Å². The van der Waals surface area contributed by atoms with Gasteiger partial charge in [0, 0.05) is 5.75 Å². The molecule has 0 aromatic heterocycles. The molecular weight excluding hydrogens is 244 g/mol. The van der Waals surface area contributed by atoms with Gasteiger partial charge in [-0.2, -0.15) is 0 Å². The number of carbonyl (C=O) groups is 1. The van der Waals surface area contributed by atoms with Crippen LogP contribution < -0.4 is 0 Å². The summed E-state index contributed by atoms with van der Waals surface area (Å²) < 4.78 is 4.91. The Labute approximate surface area is 114 Å². The highest BCUT2D eigenvalue weighted by Gasteiger charge is 2.32. The Morgan fingerprint density at radius 2 is 1.67 bits per heavy atom. The molecule has 0 saturated heterocycles. The first kappa shape index (κ1) is 15.1. The molecule has 18 heavy (non-hydrogen) atoms. The average molecular weight is 266 g/mol. The van der Waals surface area contributed by atoms with Crippen LogP contribution >= 0.6 is 11.8 Å². The van der Waals surface area contributed by atoms with Gasteiger partial charge in [0.1, 0.15) is 10.3 Å². The van der Waals surface area contributed by atoms with E-state index in [1.807, 2.05) is 52.8 Å². The lowest BCUT2D eigenvalue weighted by molar-refractivity contribution is -0.156. The molecule has 1 aromatic rings. The molecular formula is C15H22O2S. The maximum Gasteiger partial charge on any atom is 0.322 e. The molecule has 0 aliphatic rings. The van der Waals surface area contributed by atoms with Crippen LogP contribution in [0.4, 0.5) is 0 Å². The van der Waals surface area contributed by atoms with Crippen LogP contribution in [0.25, 0.3) is 0 Å². The molecule has 0 amide bonds. The van der Waals surface area contributed by atoms with Gasteiger partial charge in [-0.15, -0.1) is 11.8 Å². The lowest BCUT2D eigenvalue weighted by atomic mass is 10.1. The number of ether oxygens (including phenoxy) is 1. The van der Waals surface area contributed by atoms with Crippen molar-refractivity contribution < 1.29 is 9.53 Å². The largest absolute Gasteiger partial charge is 0.459 e. The first-order chi connectivity index (χ1) is 8.21. The number of benzene rings is 1. The minimum absolute atomic E-state index is 0.157. The molecule has 3 heteroatoms. The minimum Gasteiger partial charge on any atom is -0.459 e. The molecule has 0 heterocycles. The van der Waals surface area contributed by atoms with Gasteiger partial charge in [-0.3, -0.25) is 4.79 Å². The fraction of sp³-hybridized carbons (Fsp3) is 0.533. The van der Waals surface area contributed by atoms with Crippen molar-refractivity contribution in [2.24, 2.45) is 0 Å². The van der Waals surface area contributed by atoms with E-state index in [1.165, 1.54) is 5.56 Å². The van der Waals surface area contributed by atoms with Crippen molar-refractivity contribution in [3.63, 3.8) is 0 Å². The topological polar surface area (TPSA) is 26.3 Å². The molecule has 0 radical (unpaired) electrons. The Bertz CT molecular complexity index is 391. The van der Waals surface area contributed by atoms with Gasteiger partial charge in [-0.1, -0.05) is 30.3 Å². The molecule has 0 N–H and O–H groups in total. The standard InChI is InChI=1S/C15H22O2S/c1-14(2,3)17-13(16)15(4,5)18-11-12-9-7-6-8-10-12/h6-10H,11H2,1-5H3. The summed E-state index contributed by atoms with van der Waals surface area (Å²) in [6.45, 7) is 9.50. The molecule has 2 nitrogen and oxygen atoms in total. The average Bonchev–Trinajstić information content (AvgIpc) is 2.26. The van der Waals surface area contributed by atoms with E-state index in [2.05, 4.69) is 12.1 Å². The fourth-order valence-corrected chi connectivity index (χ4v) is 2.18. The highest BCUT2D eigenvalue weighted by molar-refractivity contribution is 8.00. The second-order valence-corrected chi connectivity index (χ2v) is 7.38. The highest BCUT2D eigenvalue weighted by atomic mass is 32.2. The molecule has 0 bridgehead atoms. The predicted molar refractivity (Wildman–Crippen MR) is 77.7 cm³/mol. The zero-order valence-corrected chi connectivity index (χ0v) is 12.6. The van der Waals surface area contributed by atoms with Crippen molar-refractivity contribution in [1.29, 1.82) is 0 Å². The predicted octanol–water partition coefficient (Wildman–Crippen LogP) is 4.04. The van der Waals surface area contributed by atoms with E-state index in [0.29, 0.717) is 0 Å². The SMILES string of the molecule is CC(C)(C)OC(=O)C(C)(C)SCc1ccccc1. The highest BCUT2D eigenvalue weighted by Crippen LogP contribution is 2.30. The third kappa shape index (κ3) is 5.13. The van der Waals surface area contributed by atoms with Gasteiger partial charge in [-0.05, 0) is 40.2 Å². The van der Waals surface area contributed by atoms with Crippen molar-refractivity contribution in [3.05, 3.63) is 35.9 Å². The van der Waals surface area contributed by atoms with E-state index >= 15 is 0 Å². The second kappa shape index (κ2) is 5.79. The number of hydrogen-bond donors (Lipinski definition) is 0. The zero-order chi connectivity index (χ0) is 13.8. The number of hydrogen-bond acceptors (Lipinski definition) is 3. The van der Waals surface area contributed by atoms with Gasteiger partial charge in [0.25, 0.3) is 0 Å². The van der Waals surface area contributed by atoms with Crippen molar-refractivity contribution in [2.45, 2.75) is 50.7 Å². The van der Waals surface area contributed by atoms with Crippen LogP contribution in [-0.4, -0.2) is 16.3 Å². The van der Waals surface area contributed by atoms with Crippen LogP contribution in [0.5, 0.6) is 0 Å². The van der Waals surface area contributed by atoms with Crippen LogP contribution in [-0.2, 0) is 15.3 Å². The summed E-state index contributed by atoms with van der Waals surface area (Å²) in [6, 6.07) is 10.1. The van der Waals surface area contributed by atoms with Crippen molar-refractivity contribution in [2.75, 3.05) is 0 Å². The van der Waals surface area contributed by atoms with Gasteiger partial charge < -0.3 is 4.74 Å². The van der Waals surface area contributed by atoms with Crippen LogP contribution in [0.2, 0.25) is 0 Å². The van der Waals surface area contributed by atoms with E-state index in [-0.39, 0.29) is 5.97 Å². The minimum atomic E-state index is -0.525. The first-order valence-corrected chi connectivity index (χ1v) is 7.11. The summed E-state index contributed by atoms with van der Waals surface area (Å²) in [5.74, 6) is 0.656. The summed E-state index contributed by atoms with van der Waals surface area (Å²) >= 11 is 1.61. The molecule has 100 valence electrons. The Hall–Kier alpha value is -0.960. The maximum atomic E-state index is 12.1. The van der Waals surface area contributed by atoms with E-state index in [1.54, 1.807) is 11.8 Å². The van der Waals surface area contributed by atoms with E-state index < -0.39 is 10.3 Å². The monoisotopic (exact) mass is 266 g/mol. The fourth-order valence-electron chi connectivity index (χ4n) is 1.30. The Morgan fingerprint density at radius 1 is 1.11 bits per heavy atom. The Kier molecular flexibility index (Phi) is 4.85. The summed E-state index contributed by atoms with van der Waals surface area (Å²) in [5.41, 5.74) is 0.793. The summed E-state index contributed by atoms with van der Waals surface area (Å²) in [4.78, 5) is 12.1. The Balaban J connectivity index is 2.57. The van der Waals surface area contributed by atoms with Crippen molar-refractivity contribution >= 4 is 17.7 Å². The first-order valence-electron chi connectivity index (χ1n) is 6.12. The molecule has 0 aliphatic carbocycles. The maximum absolute atomic E-state index is 12.1. The number of rotatable bonds is 4. The third-order valence-electron chi connectivity index (χ3n) is 2.33. The smallest absolute Gasteiger partial charge is 0.322 e. The molecule has 1 rings (SSSR count). The number of carbonyl (C=O) groups excluding carboxylic acids is 1. The lowest BCUT2D eigenvalue weighted by Crippen LogP contribution is -2.36. The molecule has 0 spiro atoms. The zero-order valence-electron chi connectivity index (χ0n) is 11.8. The molecule has 0 fully saturated rings. The third-order valence-corrected chi connectivity index (χ3v) is 3.70. The van der Waals surface area contributed by atoms with Crippen LogP contribution in [0.1, 0.15) is 40.2 Å². The molecule has 0 saturated carbocycles. The normalized spacial score (nSPS) is 12.3. The van der Waals surface area contributed by atoms with Gasteiger partial charge in [0.15, 0.2) is 0 Å². The van der Waals surface area contributed by atoms with E-state index in [9.17, 15) is 4.79 Å².